The van der Waals surface area contributed by atoms with E-state index in [9.17, 15) is 9.59 Å². The van der Waals surface area contributed by atoms with Crippen LogP contribution in [0, 0.1) is 0 Å². The molecule has 0 aromatic carbocycles. The lowest BCUT2D eigenvalue weighted by molar-refractivity contribution is 0.0599. The molecule has 0 atom stereocenters. The van der Waals surface area contributed by atoms with Gasteiger partial charge in [-0.1, -0.05) is 0 Å². The number of carbonyl (C=O) groups excluding carboxylic acids is 1. The van der Waals surface area contributed by atoms with Crippen molar-refractivity contribution < 1.29 is 28.9 Å². The van der Waals surface area contributed by atoms with Gasteiger partial charge in [-0.05, 0) is 71.7 Å². The Morgan fingerprint density at radius 3 is 1.66 bits per heavy atom. The average Bonchev–Trinajstić information content (AvgIpc) is 2.64. The summed E-state index contributed by atoms with van der Waals surface area (Å²) in [6, 6.07) is 3.09. The maximum absolute atomic E-state index is 11.2. The van der Waals surface area contributed by atoms with E-state index < -0.39 is 11.9 Å². The highest BCUT2D eigenvalue weighted by atomic mass is 79.9. The first-order valence-corrected chi connectivity index (χ1v) is 10.1. The third-order valence-corrected chi connectivity index (χ3v) is 4.11. The van der Waals surface area contributed by atoms with Crippen LogP contribution in [0.15, 0.2) is 33.5 Å². The number of halogens is 2. The van der Waals surface area contributed by atoms with E-state index in [1.807, 2.05) is 27.7 Å². The minimum atomic E-state index is -1.01. The molecule has 158 valence electrons. The summed E-state index contributed by atoms with van der Waals surface area (Å²) in [7, 11) is 1.33. The van der Waals surface area contributed by atoms with E-state index in [0.717, 1.165) is 0 Å². The molecule has 1 N–H and O–H groups in total. The Morgan fingerprint density at radius 1 is 0.897 bits per heavy atom. The molecule has 0 aliphatic rings. The van der Waals surface area contributed by atoms with Crippen LogP contribution in [0.1, 0.15) is 48.4 Å². The Hall–Kier alpha value is -2.20. The molecular weight excluding hydrogens is 512 g/mol. The molecule has 0 spiro atoms. The number of aromatic carboxylic acids is 1. The van der Waals surface area contributed by atoms with Crippen molar-refractivity contribution >= 4 is 43.8 Å². The zero-order valence-electron chi connectivity index (χ0n) is 16.6. The van der Waals surface area contributed by atoms with Crippen molar-refractivity contribution in [2.75, 3.05) is 7.11 Å². The number of ether oxygens (including phenoxy) is 3. The van der Waals surface area contributed by atoms with E-state index in [0.29, 0.717) is 26.3 Å². The fourth-order valence-corrected chi connectivity index (χ4v) is 2.70. The number of aromatic nitrogens is 2. The lowest BCUT2D eigenvalue weighted by atomic mass is 10.3. The Kier molecular flexibility index (Phi) is 10.0. The molecule has 0 saturated carbocycles. The monoisotopic (exact) mass is 532 g/mol. The number of rotatable bonds is 6. The number of nitrogens with zero attached hydrogens (tertiary/aromatic N) is 2. The first-order chi connectivity index (χ1) is 13.5. The second-order valence-corrected chi connectivity index (χ2v) is 7.86. The molecular formula is C19H22Br2N2O6. The molecule has 2 aromatic heterocycles. The van der Waals surface area contributed by atoms with Gasteiger partial charge in [0.2, 0.25) is 11.8 Å². The Bertz CT molecular complexity index is 859. The van der Waals surface area contributed by atoms with E-state index in [1.54, 1.807) is 6.07 Å². The van der Waals surface area contributed by atoms with Crippen molar-refractivity contribution in [2.45, 2.75) is 39.9 Å². The van der Waals surface area contributed by atoms with E-state index in [4.69, 9.17) is 14.6 Å². The minimum absolute atomic E-state index is 0.00878. The number of carboxylic acids is 1. The van der Waals surface area contributed by atoms with Gasteiger partial charge in [-0.3, -0.25) is 0 Å². The highest BCUT2D eigenvalue weighted by Crippen LogP contribution is 2.25. The minimum Gasteiger partial charge on any atom is -0.478 e. The van der Waals surface area contributed by atoms with Gasteiger partial charge in [0, 0.05) is 12.4 Å². The van der Waals surface area contributed by atoms with Crippen molar-refractivity contribution in [3.63, 3.8) is 0 Å². The highest BCUT2D eigenvalue weighted by molar-refractivity contribution is 9.10. The predicted octanol–water partition coefficient (Wildman–Crippen LogP) is 4.75. The lowest BCUT2D eigenvalue weighted by Crippen LogP contribution is -2.09. The SMILES string of the molecule is CC(C)Oc1ncc(C(=O)O)cc1Br.COC(=O)c1cnc(OC(C)C)c(Br)c1. The molecule has 2 heterocycles. The maximum Gasteiger partial charge on any atom is 0.339 e. The van der Waals surface area contributed by atoms with Crippen molar-refractivity contribution in [2.24, 2.45) is 0 Å². The Balaban J connectivity index is 0.000000291. The summed E-state index contributed by atoms with van der Waals surface area (Å²) >= 11 is 6.47. The average molecular weight is 534 g/mol. The second-order valence-electron chi connectivity index (χ2n) is 6.15. The van der Waals surface area contributed by atoms with Crippen molar-refractivity contribution in [3.8, 4) is 11.8 Å². The van der Waals surface area contributed by atoms with Crippen LogP contribution in [0.2, 0.25) is 0 Å². The lowest BCUT2D eigenvalue weighted by Gasteiger charge is -2.10. The molecule has 0 bridgehead atoms. The third kappa shape index (κ3) is 8.36. The van der Waals surface area contributed by atoms with E-state index in [2.05, 4.69) is 46.6 Å². The molecule has 0 fully saturated rings. The van der Waals surface area contributed by atoms with Crippen LogP contribution in [0.25, 0.3) is 0 Å². The molecule has 2 rings (SSSR count). The largest absolute Gasteiger partial charge is 0.478 e. The van der Waals surface area contributed by atoms with E-state index in [-0.39, 0.29) is 17.8 Å². The van der Waals surface area contributed by atoms with Gasteiger partial charge in [-0.2, -0.15) is 0 Å². The Labute approximate surface area is 185 Å². The van der Waals surface area contributed by atoms with Crippen molar-refractivity contribution in [1.29, 1.82) is 0 Å². The van der Waals surface area contributed by atoms with Crippen LogP contribution in [0.5, 0.6) is 11.8 Å². The molecule has 0 aliphatic carbocycles. The Morgan fingerprint density at radius 2 is 1.31 bits per heavy atom. The molecule has 0 radical (unpaired) electrons. The number of pyridine rings is 2. The van der Waals surface area contributed by atoms with Gasteiger partial charge in [0.1, 0.15) is 0 Å². The first-order valence-electron chi connectivity index (χ1n) is 8.51. The van der Waals surface area contributed by atoms with E-state index in [1.165, 1.54) is 25.6 Å². The second kappa shape index (κ2) is 11.7. The molecule has 0 aliphatic heterocycles. The van der Waals surface area contributed by atoms with Gasteiger partial charge in [0.25, 0.3) is 0 Å². The zero-order chi connectivity index (χ0) is 22.1. The standard InChI is InChI=1S/C10H12BrNO3.C9H10BrNO3/c1-6(2)15-9-8(11)4-7(5-12-9)10(13)14-3;1-5(2)14-8-7(10)3-6(4-11-8)9(12)13/h4-6H,1-3H3;3-5H,1-2H3,(H,12,13). The molecule has 0 amide bonds. The number of carboxylic acid groups (broad SMARTS) is 1. The zero-order valence-corrected chi connectivity index (χ0v) is 19.8. The quantitative estimate of drug-likeness (QED) is 0.530. The molecule has 0 unspecified atom stereocenters. The molecule has 29 heavy (non-hydrogen) atoms. The van der Waals surface area contributed by atoms with Crippen molar-refractivity contribution in [1.82, 2.24) is 9.97 Å². The van der Waals surface area contributed by atoms with Crippen LogP contribution in [0.3, 0.4) is 0 Å². The summed E-state index contributed by atoms with van der Waals surface area (Å²) in [6.45, 7) is 7.56. The summed E-state index contributed by atoms with van der Waals surface area (Å²) in [5.41, 5.74) is 0.522. The summed E-state index contributed by atoms with van der Waals surface area (Å²) in [5, 5.41) is 8.68. The number of carbonyl (C=O) groups is 2. The van der Waals surface area contributed by atoms with Gasteiger partial charge in [0.15, 0.2) is 0 Å². The molecule has 10 heteroatoms. The van der Waals surface area contributed by atoms with Gasteiger partial charge in [-0.15, -0.1) is 0 Å². The van der Waals surface area contributed by atoms with Gasteiger partial charge in [0.05, 0.1) is 39.4 Å². The number of hydrogen-bond donors (Lipinski definition) is 1. The van der Waals surface area contributed by atoms with Gasteiger partial charge < -0.3 is 19.3 Å². The fraction of sp³-hybridized carbons (Fsp3) is 0.368. The smallest absolute Gasteiger partial charge is 0.339 e. The first kappa shape index (κ1) is 24.8. The predicted molar refractivity (Wildman–Crippen MR) is 114 cm³/mol. The van der Waals surface area contributed by atoms with Gasteiger partial charge in [-0.25, -0.2) is 19.6 Å². The highest BCUT2D eigenvalue weighted by Gasteiger charge is 2.11. The number of hydrogen-bond acceptors (Lipinski definition) is 7. The normalized spacial score (nSPS) is 10.2. The van der Waals surface area contributed by atoms with Crippen LogP contribution in [0.4, 0.5) is 0 Å². The topological polar surface area (TPSA) is 108 Å². The fourth-order valence-electron chi connectivity index (χ4n) is 1.82. The summed E-state index contributed by atoms with van der Waals surface area (Å²) in [5.74, 6) is -0.545. The molecule has 8 nitrogen and oxygen atoms in total. The summed E-state index contributed by atoms with van der Waals surface area (Å²) < 4.78 is 16.5. The number of methoxy groups -OCH3 is 1. The number of esters is 1. The van der Waals surface area contributed by atoms with Crippen LogP contribution < -0.4 is 9.47 Å². The van der Waals surface area contributed by atoms with Crippen LogP contribution in [-0.2, 0) is 4.74 Å². The summed E-state index contributed by atoms with van der Waals surface area (Å²) in [6.07, 6.45) is 2.74. The van der Waals surface area contributed by atoms with Crippen LogP contribution in [-0.4, -0.2) is 46.3 Å². The van der Waals surface area contributed by atoms with Crippen molar-refractivity contribution in [3.05, 3.63) is 44.6 Å². The van der Waals surface area contributed by atoms with Gasteiger partial charge >= 0.3 is 11.9 Å². The van der Waals surface area contributed by atoms with Crippen LogP contribution >= 0.6 is 31.9 Å². The van der Waals surface area contributed by atoms with E-state index >= 15 is 0 Å². The summed E-state index contributed by atoms with van der Waals surface area (Å²) in [4.78, 5) is 29.7. The third-order valence-electron chi connectivity index (χ3n) is 2.98. The molecule has 0 saturated heterocycles. The maximum atomic E-state index is 11.2. The molecule has 2 aromatic rings.